The van der Waals surface area contributed by atoms with E-state index in [9.17, 15) is 19.8 Å². The van der Waals surface area contributed by atoms with Crippen molar-refractivity contribution in [2.75, 3.05) is 0 Å². The number of hydrogen-bond acceptors (Lipinski definition) is 8. The van der Waals surface area contributed by atoms with Crippen molar-refractivity contribution in [3.05, 3.63) is 0 Å². The van der Waals surface area contributed by atoms with Gasteiger partial charge in [0.1, 0.15) is 24.4 Å². The number of aliphatic hydroxyl groups excluding tert-OH is 4. The number of hydrogen-bond donors (Lipinski definition) is 4. The highest BCUT2D eigenvalue weighted by molar-refractivity contribution is 5.72. The molecule has 0 heterocycles. The van der Waals surface area contributed by atoms with Gasteiger partial charge in [-0.15, -0.1) is 0 Å². The fraction of sp³-hybridized carbons (Fsp3) is 0.667. The minimum atomic E-state index is -2.50. The lowest BCUT2D eigenvalue weighted by molar-refractivity contribution is -0.327. The van der Waals surface area contributed by atoms with Crippen LogP contribution in [0.3, 0.4) is 0 Å². The van der Waals surface area contributed by atoms with Gasteiger partial charge in [0.25, 0.3) is 0 Å². The summed E-state index contributed by atoms with van der Waals surface area (Å²) in [7, 11) is 0. The van der Waals surface area contributed by atoms with E-state index in [2.05, 4.69) is 0 Å². The van der Waals surface area contributed by atoms with E-state index in [4.69, 9.17) is 20.4 Å². The first kappa shape index (κ1) is 12.8. The van der Waals surface area contributed by atoms with Crippen LogP contribution in [-0.4, -0.2) is 56.8 Å². The molecular formula is C6H8O8-2. The van der Waals surface area contributed by atoms with Gasteiger partial charge in [0.2, 0.25) is 0 Å². The third kappa shape index (κ3) is 2.92. The predicted octanol–water partition coefficient (Wildman–Crippen LogP) is -6.07. The van der Waals surface area contributed by atoms with Crippen molar-refractivity contribution in [2.45, 2.75) is 24.4 Å². The highest BCUT2D eigenvalue weighted by Gasteiger charge is 2.31. The quantitative estimate of drug-likeness (QED) is 0.347. The molecule has 0 rings (SSSR count). The molecule has 0 aromatic rings. The summed E-state index contributed by atoms with van der Waals surface area (Å²) in [5.41, 5.74) is 0. The van der Waals surface area contributed by atoms with Crippen LogP contribution in [0.1, 0.15) is 0 Å². The molecule has 0 aliphatic rings. The van der Waals surface area contributed by atoms with Gasteiger partial charge in [-0.1, -0.05) is 0 Å². The van der Waals surface area contributed by atoms with Gasteiger partial charge in [0.15, 0.2) is 0 Å². The lowest BCUT2D eigenvalue weighted by Crippen LogP contribution is -2.55. The number of carboxylic acid groups (broad SMARTS) is 2. The Bertz CT molecular complexity index is 202. The summed E-state index contributed by atoms with van der Waals surface area (Å²) in [6.45, 7) is 0. The van der Waals surface area contributed by atoms with Crippen LogP contribution in [0.15, 0.2) is 0 Å². The Hall–Kier alpha value is -1.22. The zero-order chi connectivity index (χ0) is 11.5. The maximum atomic E-state index is 9.96. The largest absolute Gasteiger partial charge is 0.547 e. The first-order chi connectivity index (χ1) is 6.29. The molecule has 4 atom stereocenters. The molecule has 0 aromatic carbocycles. The second-order valence-electron chi connectivity index (χ2n) is 2.51. The van der Waals surface area contributed by atoms with Crippen molar-refractivity contribution >= 4 is 11.9 Å². The van der Waals surface area contributed by atoms with Crippen LogP contribution in [0, 0.1) is 0 Å². The average Bonchev–Trinajstić information content (AvgIpc) is 2.12. The minimum absolute atomic E-state index is 2.11. The Balaban J connectivity index is 4.45. The van der Waals surface area contributed by atoms with Gasteiger partial charge in [-0.3, -0.25) is 0 Å². The second-order valence-corrected chi connectivity index (χ2v) is 2.51. The van der Waals surface area contributed by atoms with Crippen molar-refractivity contribution in [1.82, 2.24) is 0 Å². The van der Waals surface area contributed by atoms with E-state index in [0.717, 1.165) is 0 Å². The molecule has 0 radical (unpaired) electrons. The Morgan fingerprint density at radius 2 is 1.00 bits per heavy atom. The summed E-state index contributed by atoms with van der Waals surface area (Å²) in [5.74, 6) is -4.22. The van der Waals surface area contributed by atoms with E-state index in [0.29, 0.717) is 0 Å². The average molecular weight is 208 g/mol. The Labute approximate surface area is 77.7 Å². The molecule has 0 bridgehead atoms. The van der Waals surface area contributed by atoms with Gasteiger partial charge in [0, 0.05) is 0 Å². The summed E-state index contributed by atoms with van der Waals surface area (Å²) in [4.78, 5) is 19.9. The van der Waals surface area contributed by atoms with Crippen molar-refractivity contribution in [1.29, 1.82) is 0 Å². The fourth-order valence-electron chi connectivity index (χ4n) is 0.652. The first-order valence-electron chi connectivity index (χ1n) is 3.43. The number of rotatable bonds is 5. The van der Waals surface area contributed by atoms with Crippen LogP contribution in [0.25, 0.3) is 0 Å². The van der Waals surface area contributed by atoms with Gasteiger partial charge >= 0.3 is 0 Å². The summed E-state index contributed by atoms with van der Waals surface area (Å²) in [6.07, 6.45) is -9.76. The summed E-state index contributed by atoms with van der Waals surface area (Å²) in [6, 6.07) is 0. The highest BCUT2D eigenvalue weighted by Crippen LogP contribution is 2.04. The van der Waals surface area contributed by atoms with Crippen molar-refractivity contribution < 1.29 is 40.2 Å². The number of carbonyl (C=O) groups is 2. The van der Waals surface area contributed by atoms with E-state index in [1.165, 1.54) is 0 Å². The minimum Gasteiger partial charge on any atom is -0.547 e. The number of carboxylic acids is 2. The lowest BCUT2D eigenvalue weighted by atomic mass is 10.0. The molecule has 0 spiro atoms. The smallest absolute Gasteiger partial charge is 0.122 e. The molecule has 0 aliphatic carbocycles. The first-order valence-corrected chi connectivity index (χ1v) is 3.43. The third-order valence-electron chi connectivity index (χ3n) is 1.48. The molecule has 0 amide bonds. The van der Waals surface area contributed by atoms with Gasteiger partial charge in [0.05, 0.1) is 11.9 Å². The molecular weight excluding hydrogens is 200 g/mol. The van der Waals surface area contributed by atoms with Crippen LogP contribution in [0.5, 0.6) is 0 Å². The third-order valence-corrected chi connectivity index (χ3v) is 1.48. The van der Waals surface area contributed by atoms with Gasteiger partial charge in [-0.25, -0.2) is 0 Å². The molecule has 14 heavy (non-hydrogen) atoms. The van der Waals surface area contributed by atoms with Gasteiger partial charge in [-0.05, 0) is 0 Å². The summed E-state index contributed by atoms with van der Waals surface area (Å²) in [5, 5.41) is 54.7. The lowest BCUT2D eigenvalue weighted by Gasteiger charge is -2.27. The maximum Gasteiger partial charge on any atom is 0.122 e. The zero-order valence-corrected chi connectivity index (χ0v) is 6.73. The summed E-state index contributed by atoms with van der Waals surface area (Å²) >= 11 is 0. The molecule has 0 saturated heterocycles. The predicted molar refractivity (Wildman–Crippen MR) is 34.0 cm³/mol. The van der Waals surface area contributed by atoms with E-state index >= 15 is 0 Å². The Morgan fingerprint density at radius 1 is 0.786 bits per heavy atom. The second kappa shape index (κ2) is 4.86. The van der Waals surface area contributed by atoms with Gasteiger partial charge in [-0.2, -0.15) is 0 Å². The number of aliphatic carboxylic acids is 2. The molecule has 8 nitrogen and oxygen atoms in total. The van der Waals surface area contributed by atoms with Crippen LogP contribution >= 0.6 is 0 Å². The Kier molecular flexibility index (Phi) is 4.44. The van der Waals surface area contributed by atoms with Crippen LogP contribution in [0.2, 0.25) is 0 Å². The van der Waals surface area contributed by atoms with Crippen LogP contribution in [-0.2, 0) is 9.59 Å². The highest BCUT2D eigenvalue weighted by atomic mass is 16.4. The Morgan fingerprint density at radius 3 is 1.14 bits per heavy atom. The molecule has 0 aliphatic heterocycles. The van der Waals surface area contributed by atoms with Crippen LogP contribution in [0.4, 0.5) is 0 Å². The molecule has 0 aromatic heterocycles. The zero-order valence-electron chi connectivity index (χ0n) is 6.73. The van der Waals surface area contributed by atoms with Gasteiger partial charge < -0.3 is 40.2 Å². The standard InChI is InChI=1S/C6H10O8/c7-1(3(9)5(11)12)2(8)4(10)6(13)14/h1-4,7-10H,(H,11,12)(H,13,14)/p-2/t1-,2-,3+,4+/m1/s1. The SMILES string of the molecule is O=C([O-])[C@@H](O)[C@H](O)[C@@H](O)[C@H](O)C(=O)[O-]. The molecule has 0 saturated carbocycles. The topological polar surface area (TPSA) is 161 Å². The molecule has 0 fully saturated rings. The van der Waals surface area contributed by atoms with E-state index in [1.54, 1.807) is 0 Å². The van der Waals surface area contributed by atoms with E-state index < -0.39 is 36.4 Å². The summed E-state index contributed by atoms with van der Waals surface area (Å²) < 4.78 is 0. The van der Waals surface area contributed by atoms with E-state index in [1.807, 2.05) is 0 Å². The van der Waals surface area contributed by atoms with Crippen molar-refractivity contribution in [3.8, 4) is 0 Å². The molecule has 0 unspecified atom stereocenters. The number of aliphatic hydroxyl groups is 4. The normalized spacial score (nSPS) is 19.4. The number of carbonyl (C=O) groups excluding carboxylic acids is 2. The monoisotopic (exact) mass is 208 g/mol. The van der Waals surface area contributed by atoms with Crippen molar-refractivity contribution in [3.63, 3.8) is 0 Å². The fourth-order valence-corrected chi connectivity index (χ4v) is 0.652. The maximum absolute atomic E-state index is 9.96. The van der Waals surface area contributed by atoms with Crippen LogP contribution < -0.4 is 10.2 Å². The van der Waals surface area contributed by atoms with Crippen molar-refractivity contribution in [2.24, 2.45) is 0 Å². The molecule has 4 N–H and O–H groups in total. The molecule has 82 valence electrons. The van der Waals surface area contributed by atoms with E-state index in [-0.39, 0.29) is 0 Å². The molecule has 8 heteroatoms.